The number of methoxy groups -OCH3 is 2. The lowest BCUT2D eigenvalue weighted by molar-refractivity contribution is -0.140. The molecule has 3 fully saturated rings. The first kappa shape index (κ1) is 18.2. The lowest BCUT2D eigenvalue weighted by Gasteiger charge is -2.35. The van der Waals surface area contributed by atoms with Gasteiger partial charge in [-0.2, -0.15) is 0 Å². The maximum atomic E-state index is 13.3. The van der Waals surface area contributed by atoms with Gasteiger partial charge in [-0.1, -0.05) is 0 Å². The minimum Gasteiger partial charge on any atom is -0.480 e. The van der Waals surface area contributed by atoms with Gasteiger partial charge in [-0.3, -0.25) is 9.59 Å². The number of piperidine rings is 1. The highest BCUT2D eigenvalue weighted by atomic mass is 16.5. The Kier molecular flexibility index (Phi) is 5.04. The van der Waals surface area contributed by atoms with Crippen molar-refractivity contribution >= 4 is 11.8 Å². The van der Waals surface area contributed by atoms with Gasteiger partial charge < -0.3 is 19.3 Å². The van der Waals surface area contributed by atoms with Gasteiger partial charge in [0.25, 0.3) is 5.91 Å². The molecule has 0 aromatic carbocycles. The Hall–Kier alpha value is -2.15. The van der Waals surface area contributed by atoms with Gasteiger partial charge in [-0.05, 0) is 43.7 Å². The molecule has 1 aliphatic carbocycles. The number of rotatable bonds is 5. The molecule has 3 aliphatic heterocycles. The number of amides is 2. The largest absolute Gasteiger partial charge is 0.480 e. The van der Waals surface area contributed by atoms with E-state index in [0.29, 0.717) is 37.7 Å². The van der Waals surface area contributed by atoms with Gasteiger partial charge in [0.2, 0.25) is 11.8 Å². The van der Waals surface area contributed by atoms with Crippen molar-refractivity contribution in [1.82, 2.24) is 14.8 Å². The number of aryl methyl sites for hydroxylation is 2. The minimum atomic E-state index is -0.127. The van der Waals surface area contributed by atoms with E-state index in [1.807, 2.05) is 15.9 Å². The fourth-order valence-electron chi connectivity index (χ4n) is 4.62. The van der Waals surface area contributed by atoms with E-state index in [4.69, 9.17) is 9.47 Å². The molecular weight excluding hydrogens is 346 g/mol. The second-order valence-corrected chi connectivity index (χ2v) is 7.67. The highest BCUT2D eigenvalue weighted by molar-refractivity contribution is 5.97. The Morgan fingerprint density at radius 2 is 2.11 bits per heavy atom. The van der Waals surface area contributed by atoms with Crippen LogP contribution in [-0.2, 0) is 22.4 Å². The third kappa shape index (κ3) is 3.29. The smallest absolute Gasteiger partial charge is 0.259 e. The first-order valence-corrected chi connectivity index (χ1v) is 9.77. The van der Waals surface area contributed by atoms with Crippen LogP contribution in [0, 0.1) is 5.92 Å². The quantitative estimate of drug-likeness (QED) is 0.778. The molecule has 0 spiro atoms. The van der Waals surface area contributed by atoms with Crippen molar-refractivity contribution in [1.29, 1.82) is 0 Å². The van der Waals surface area contributed by atoms with E-state index in [1.54, 1.807) is 14.2 Å². The molecule has 0 saturated carbocycles. The molecule has 5 rings (SSSR count). The van der Waals surface area contributed by atoms with Crippen LogP contribution in [0.5, 0.6) is 5.88 Å². The Labute approximate surface area is 159 Å². The molecule has 7 heteroatoms. The van der Waals surface area contributed by atoms with E-state index in [9.17, 15) is 9.59 Å². The number of hydrogen-bond donors (Lipinski definition) is 0. The van der Waals surface area contributed by atoms with Gasteiger partial charge in [0.05, 0.1) is 19.6 Å². The van der Waals surface area contributed by atoms with Crippen LogP contribution in [0.25, 0.3) is 0 Å². The van der Waals surface area contributed by atoms with E-state index in [0.717, 1.165) is 43.4 Å². The summed E-state index contributed by atoms with van der Waals surface area (Å²) in [5, 5.41) is 0. The summed E-state index contributed by atoms with van der Waals surface area (Å²) >= 11 is 0. The Bertz CT molecular complexity index is 751. The van der Waals surface area contributed by atoms with Crippen LogP contribution in [0.2, 0.25) is 0 Å². The molecule has 0 unspecified atom stereocenters. The zero-order valence-electron chi connectivity index (χ0n) is 16.1. The van der Waals surface area contributed by atoms with Crippen LogP contribution in [0.3, 0.4) is 0 Å². The van der Waals surface area contributed by atoms with Crippen LogP contribution < -0.4 is 4.74 Å². The molecule has 1 aromatic heterocycles. The van der Waals surface area contributed by atoms with Crippen LogP contribution >= 0.6 is 0 Å². The van der Waals surface area contributed by atoms with Crippen LogP contribution in [-0.4, -0.2) is 73.1 Å². The standard InChI is InChI=1S/C20H27N3O4/c1-26-9-8-23-15-7-6-14(19(23)24)11-22(12-15)20(25)16-10-13-4-3-5-17(13)21-18(16)27-2/h10,14-15H,3-9,11-12H2,1-2H3/t14-,15+/m1/s1. The molecule has 2 amide bonds. The van der Waals surface area contributed by atoms with Crippen LogP contribution in [0.1, 0.15) is 40.9 Å². The molecule has 27 heavy (non-hydrogen) atoms. The second-order valence-electron chi connectivity index (χ2n) is 7.67. The van der Waals surface area contributed by atoms with Gasteiger partial charge in [0.1, 0.15) is 5.56 Å². The highest BCUT2D eigenvalue weighted by Crippen LogP contribution is 2.32. The summed E-state index contributed by atoms with van der Waals surface area (Å²) in [5.41, 5.74) is 2.71. The number of carbonyl (C=O) groups is 2. The summed E-state index contributed by atoms with van der Waals surface area (Å²) in [4.78, 5) is 34.4. The molecule has 146 valence electrons. The van der Waals surface area contributed by atoms with Crippen molar-refractivity contribution in [2.45, 2.75) is 38.1 Å². The van der Waals surface area contributed by atoms with E-state index >= 15 is 0 Å². The molecule has 0 N–H and O–H groups in total. The van der Waals surface area contributed by atoms with Crippen molar-refractivity contribution in [2.75, 3.05) is 40.5 Å². The number of carbonyl (C=O) groups excluding carboxylic acids is 2. The number of fused-ring (bicyclic) bond motifs is 5. The Morgan fingerprint density at radius 1 is 1.26 bits per heavy atom. The highest BCUT2D eigenvalue weighted by Gasteiger charge is 2.42. The van der Waals surface area contributed by atoms with Crippen LogP contribution in [0.15, 0.2) is 6.07 Å². The molecule has 0 radical (unpaired) electrons. The van der Waals surface area contributed by atoms with Crippen molar-refractivity contribution < 1.29 is 19.1 Å². The maximum Gasteiger partial charge on any atom is 0.259 e. The van der Waals surface area contributed by atoms with Crippen LogP contribution in [0.4, 0.5) is 0 Å². The van der Waals surface area contributed by atoms with E-state index in [2.05, 4.69) is 4.98 Å². The molecule has 2 atom stereocenters. The minimum absolute atomic E-state index is 0.0590. The average Bonchev–Trinajstić information content (AvgIpc) is 2.97. The molecule has 2 bridgehead atoms. The zero-order valence-corrected chi connectivity index (χ0v) is 16.1. The topological polar surface area (TPSA) is 72.0 Å². The first-order chi connectivity index (χ1) is 13.1. The summed E-state index contributed by atoms with van der Waals surface area (Å²) in [6.45, 7) is 2.14. The second kappa shape index (κ2) is 7.46. The predicted octanol–water partition coefficient (Wildman–Crippen LogP) is 1.29. The van der Waals surface area contributed by atoms with E-state index in [-0.39, 0.29) is 23.8 Å². The normalized spacial score (nSPS) is 24.1. The Morgan fingerprint density at radius 3 is 2.89 bits per heavy atom. The van der Waals surface area contributed by atoms with Crippen molar-refractivity contribution in [3.8, 4) is 5.88 Å². The number of nitrogens with zero attached hydrogens (tertiary/aromatic N) is 3. The monoisotopic (exact) mass is 373 g/mol. The summed E-state index contributed by atoms with van der Waals surface area (Å²) in [5.74, 6) is 0.350. The lowest BCUT2D eigenvalue weighted by Crippen LogP contribution is -2.49. The first-order valence-electron chi connectivity index (χ1n) is 9.77. The third-order valence-electron chi connectivity index (χ3n) is 6.06. The van der Waals surface area contributed by atoms with Gasteiger partial charge in [-0.15, -0.1) is 0 Å². The summed E-state index contributed by atoms with van der Waals surface area (Å²) < 4.78 is 10.6. The third-order valence-corrected chi connectivity index (χ3v) is 6.06. The number of hydrogen-bond acceptors (Lipinski definition) is 5. The molecule has 7 nitrogen and oxygen atoms in total. The number of pyridine rings is 1. The van der Waals surface area contributed by atoms with Crippen molar-refractivity contribution in [3.63, 3.8) is 0 Å². The number of ether oxygens (including phenoxy) is 2. The van der Waals surface area contributed by atoms with Gasteiger partial charge >= 0.3 is 0 Å². The van der Waals surface area contributed by atoms with E-state index in [1.165, 1.54) is 0 Å². The average molecular weight is 373 g/mol. The predicted molar refractivity (Wildman–Crippen MR) is 98.8 cm³/mol. The SMILES string of the molecule is COCCN1C(=O)[C@@H]2CC[C@H]1CN(C(=O)c1cc3c(nc1OC)CCC3)C2. The van der Waals surface area contributed by atoms with Crippen molar-refractivity contribution in [3.05, 3.63) is 22.9 Å². The maximum absolute atomic E-state index is 13.3. The zero-order chi connectivity index (χ0) is 19.0. The number of aromatic nitrogens is 1. The molecule has 4 aliphatic rings. The fourth-order valence-corrected chi connectivity index (χ4v) is 4.62. The summed E-state index contributed by atoms with van der Waals surface area (Å²) in [7, 11) is 3.20. The molecule has 4 heterocycles. The summed E-state index contributed by atoms with van der Waals surface area (Å²) in [6.07, 6.45) is 4.75. The van der Waals surface area contributed by atoms with Crippen molar-refractivity contribution in [2.24, 2.45) is 5.92 Å². The molecule has 1 aromatic rings. The van der Waals surface area contributed by atoms with Gasteiger partial charge in [-0.25, -0.2) is 4.98 Å². The van der Waals surface area contributed by atoms with Gasteiger partial charge in [0.15, 0.2) is 0 Å². The Balaban J connectivity index is 1.59. The lowest BCUT2D eigenvalue weighted by atomic mass is 9.94. The molecular formula is C20H27N3O4. The summed E-state index contributed by atoms with van der Waals surface area (Å²) in [6, 6.07) is 2.01. The van der Waals surface area contributed by atoms with E-state index < -0.39 is 0 Å². The fraction of sp³-hybridized carbons (Fsp3) is 0.650. The van der Waals surface area contributed by atoms with Gasteiger partial charge in [0, 0.05) is 38.5 Å². The molecule has 3 saturated heterocycles.